The van der Waals surface area contributed by atoms with Gasteiger partial charge in [0.05, 0.1) is 5.69 Å². The van der Waals surface area contributed by atoms with E-state index in [4.69, 9.17) is 0 Å². The average molecular weight is 490 g/mol. The quantitative estimate of drug-likeness (QED) is 0.433. The van der Waals surface area contributed by atoms with Crippen LogP contribution in [0.25, 0.3) is 10.8 Å². The van der Waals surface area contributed by atoms with Crippen LogP contribution in [0.3, 0.4) is 0 Å². The van der Waals surface area contributed by atoms with Crippen LogP contribution < -0.4 is 10.2 Å². The molecule has 2 atom stereocenters. The zero-order valence-corrected chi connectivity index (χ0v) is 21.0. The number of hydrogen-bond acceptors (Lipinski definition) is 3. The Bertz CT molecular complexity index is 1270. The van der Waals surface area contributed by atoms with E-state index < -0.39 is 6.04 Å². The molecule has 0 aromatic heterocycles. The first kappa shape index (κ1) is 25.4. The van der Waals surface area contributed by atoms with Gasteiger partial charge in [0.25, 0.3) is 5.91 Å². The lowest BCUT2D eigenvalue weighted by Gasteiger charge is -2.30. The van der Waals surface area contributed by atoms with Crippen molar-refractivity contribution in [3.63, 3.8) is 0 Å². The van der Waals surface area contributed by atoms with Crippen LogP contribution in [0.5, 0.6) is 0 Å². The molecule has 36 heavy (non-hydrogen) atoms. The van der Waals surface area contributed by atoms with Crippen LogP contribution in [0.4, 0.5) is 10.1 Å². The molecule has 0 saturated carbocycles. The van der Waals surface area contributed by atoms with Crippen molar-refractivity contribution in [3.8, 4) is 0 Å². The zero-order valence-electron chi connectivity index (χ0n) is 21.0. The fourth-order valence-electron chi connectivity index (χ4n) is 4.57. The van der Waals surface area contributed by atoms with E-state index in [1.54, 1.807) is 24.0 Å². The number of benzene rings is 3. The van der Waals surface area contributed by atoms with E-state index in [0.717, 1.165) is 28.4 Å². The third-order valence-electron chi connectivity index (χ3n) is 6.86. The van der Waals surface area contributed by atoms with Crippen molar-refractivity contribution < 1.29 is 18.8 Å². The zero-order chi connectivity index (χ0) is 25.8. The van der Waals surface area contributed by atoms with Crippen molar-refractivity contribution in [2.24, 2.45) is 0 Å². The standard InChI is InChI=1S/C29H32FN3O3/c1-4-19(2)31-28(35)20(3)33(18-21-13-15-23(30)16-14-21)26(34)12-7-17-32-25-11-6-9-22-8-5-10-24(27(22)25)29(32)36/h5-6,8-11,13-16,19-20H,4,7,12,17-18H2,1-3H3,(H,31,35). The Balaban J connectivity index is 1.46. The molecule has 0 fully saturated rings. The molecular weight excluding hydrogens is 457 g/mol. The van der Waals surface area contributed by atoms with Crippen LogP contribution in [0.2, 0.25) is 0 Å². The molecule has 0 radical (unpaired) electrons. The van der Waals surface area contributed by atoms with Crippen molar-refractivity contribution in [1.29, 1.82) is 0 Å². The molecule has 0 saturated heterocycles. The van der Waals surface area contributed by atoms with Gasteiger partial charge in [0.1, 0.15) is 11.9 Å². The minimum Gasteiger partial charge on any atom is -0.352 e. The second-order valence-corrected chi connectivity index (χ2v) is 9.38. The SMILES string of the molecule is CCC(C)NC(=O)C(C)N(Cc1ccc(F)cc1)C(=O)CCCN1C(=O)c2cccc3cccc1c23. The smallest absolute Gasteiger partial charge is 0.258 e. The topological polar surface area (TPSA) is 69.7 Å². The van der Waals surface area contributed by atoms with Gasteiger partial charge in [-0.2, -0.15) is 0 Å². The molecule has 1 aliphatic heterocycles. The second-order valence-electron chi connectivity index (χ2n) is 9.38. The van der Waals surface area contributed by atoms with Crippen LogP contribution in [0.15, 0.2) is 60.7 Å². The summed E-state index contributed by atoms with van der Waals surface area (Å²) in [6.45, 7) is 6.20. The van der Waals surface area contributed by atoms with Crippen molar-refractivity contribution >= 4 is 34.2 Å². The van der Waals surface area contributed by atoms with Gasteiger partial charge in [-0.1, -0.05) is 43.3 Å². The molecule has 3 aromatic rings. The highest BCUT2D eigenvalue weighted by atomic mass is 19.1. The number of carbonyl (C=O) groups is 3. The molecule has 3 aromatic carbocycles. The first-order chi connectivity index (χ1) is 17.3. The summed E-state index contributed by atoms with van der Waals surface area (Å²) in [5.41, 5.74) is 2.29. The minimum absolute atomic E-state index is 0.00626. The lowest BCUT2D eigenvalue weighted by atomic mass is 10.1. The largest absolute Gasteiger partial charge is 0.352 e. The van der Waals surface area contributed by atoms with Crippen molar-refractivity contribution in [2.45, 2.75) is 58.7 Å². The molecule has 3 amide bonds. The van der Waals surface area contributed by atoms with Gasteiger partial charge in [0.2, 0.25) is 11.8 Å². The summed E-state index contributed by atoms with van der Waals surface area (Å²) in [5.74, 6) is -0.825. The van der Waals surface area contributed by atoms with Gasteiger partial charge in [-0.3, -0.25) is 14.4 Å². The van der Waals surface area contributed by atoms with E-state index in [2.05, 4.69) is 5.32 Å². The maximum atomic E-state index is 13.4. The molecule has 0 aliphatic carbocycles. The van der Waals surface area contributed by atoms with Gasteiger partial charge in [-0.25, -0.2) is 4.39 Å². The molecule has 7 heteroatoms. The van der Waals surface area contributed by atoms with E-state index in [0.29, 0.717) is 18.5 Å². The number of halogens is 1. The fraction of sp³-hybridized carbons (Fsp3) is 0.345. The number of rotatable bonds is 10. The van der Waals surface area contributed by atoms with Gasteiger partial charge in [0, 0.05) is 36.5 Å². The van der Waals surface area contributed by atoms with E-state index in [9.17, 15) is 18.8 Å². The number of amides is 3. The molecule has 1 N–H and O–H groups in total. The maximum absolute atomic E-state index is 13.4. The molecule has 6 nitrogen and oxygen atoms in total. The number of anilines is 1. The van der Waals surface area contributed by atoms with Gasteiger partial charge in [-0.05, 0) is 61.9 Å². The predicted octanol–water partition coefficient (Wildman–Crippen LogP) is 5.05. The highest BCUT2D eigenvalue weighted by Gasteiger charge is 2.30. The molecule has 1 aliphatic rings. The molecular formula is C29H32FN3O3. The Kier molecular flexibility index (Phi) is 7.67. The summed E-state index contributed by atoms with van der Waals surface area (Å²) >= 11 is 0. The first-order valence-electron chi connectivity index (χ1n) is 12.5. The first-order valence-corrected chi connectivity index (χ1v) is 12.5. The average Bonchev–Trinajstić information content (AvgIpc) is 3.15. The normalized spacial score (nSPS) is 14.1. The Morgan fingerprint density at radius 2 is 1.72 bits per heavy atom. The van der Waals surface area contributed by atoms with E-state index >= 15 is 0 Å². The highest BCUT2D eigenvalue weighted by molar-refractivity contribution is 6.25. The van der Waals surface area contributed by atoms with Gasteiger partial charge in [0.15, 0.2) is 0 Å². The summed E-state index contributed by atoms with van der Waals surface area (Å²) in [6, 6.07) is 16.8. The monoisotopic (exact) mass is 489 g/mol. The Hall–Kier alpha value is -3.74. The molecule has 0 bridgehead atoms. The Labute approximate surface area is 211 Å². The Morgan fingerprint density at radius 3 is 2.42 bits per heavy atom. The molecule has 188 valence electrons. The lowest BCUT2D eigenvalue weighted by molar-refractivity contribution is -0.140. The Morgan fingerprint density at radius 1 is 1.03 bits per heavy atom. The van der Waals surface area contributed by atoms with E-state index in [1.807, 2.05) is 50.2 Å². The summed E-state index contributed by atoms with van der Waals surface area (Å²) in [7, 11) is 0. The van der Waals surface area contributed by atoms with Crippen LogP contribution in [-0.2, 0) is 16.1 Å². The maximum Gasteiger partial charge on any atom is 0.258 e. The van der Waals surface area contributed by atoms with Gasteiger partial charge < -0.3 is 15.1 Å². The van der Waals surface area contributed by atoms with E-state index in [1.165, 1.54) is 17.0 Å². The van der Waals surface area contributed by atoms with E-state index in [-0.39, 0.29) is 42.5 Å². The summed E-state index contributed by atoms with van der Waals surface area (Å²) in [6.07, 6.45) is 1.41. The van der Waals surface area contributed by atoms with Crippen molar-refractivity contribution in [3.05, 3.63) is 77.6 Å². The van der Waals surface area contributed by atoms with Gasteiger partial charge in [-0.15, -0.1) is 0 Å². The highest BCUT2D eigenvalue weighted by Crippen LogP contribution is 2.37. The summed E-state index contributed by atoms with van der Waals surface area (Å²) in [5, 5.41) is 4.91. The number of carbonyl (C=O) groups excluding carboxylic acids is 3. The number of nitrogens with zero attached hydrogens (tertiary/aromatic N) is 2. The third kappa shape index (κ3) is 5.25. The molecule has 0 spiro atoms. The summed E-state index contributed by atoms with van der Waals surface area (Å²) < 4.78 is 13.4. The van der Waals surface area contributed by atoms with Crippen molar-refractivity contribution in [2.75, 3.05) is 11.4 Å². The lowest BCUT2D eigenvalue weighted by Crippen LogP contribution is -2.49. The predicted molar refractivity (Wildman–Crippen MR) is 139 cm³/mol. The number of hydrogen-bond donors (Lipinski definition) is 1. The summed E-state index contributed by atoms with van der Waals surface area (Å²) in [4.78, 5) is 42.5. The van der Waals surface area contributed by atoms with Crippen LogP contribution in [0, 0.1) is 5.82 Å². The van der Waals surface area contributed by atoms with Gasteiger partial charge >= 0.3 is 0 Å². The molecule has 1 heterocycles. The van der Waals surface area contributed by atoms with Crippen molar-refractivity contribution in [1.82, 2.24) is 10.2 Å². The van der Waals surface area contributed by atoms with Crippen LogP contribution in [0.1, 0.15) is 56.0 Å². The van der Waals surface area contributed by atoms with Crippen LogP contribution in [-0.4, -0.2) is 41.2 Å². The number of nitrogens with one attached hydrogen (secondary N) is 1. The molecule has 4 rings (SSSR count). The molecule has 2 unspecified atom stereocenters. The fourth-order valence-corrected chi connectivity index (χ4v) is 4.57. The van der Waals surface area contributed by atoms with Crippen LogP contribution >= 0.6 is 0 Å². The third-order valence-corrected chi connectivity index (χ3v) is 6.86. The minimum atomic E-state index is -0.692. The second kappa shape index (κ2) is 10.9.